The molecule has 0 saturated carbocycles. The molecule has 0 spiro atoms. The molecule has 3 rings (SSSR count). The van der Waals surface area contributed by atoms with Crippen molar-refractivity contribution in [1.82, 2.24) is 10.2 Å². The number of nitrogens with zero attached hydrogens (tertiary/aromatic N) is 1. The van der Waals surface area contributed by atoms with Crippen molar-refractivity contribution in [1.29, 1.82) is 0 Å². The van der Waals surface area contributed by atoms with Gasteiger partial charge in [0, 0.05) is 37.8 Å². The van der Waals surface area contributed by atoms with Gasteiger partial charge in [0.25, 0.3) is 0 Å². The van der Waals surface area contributed by atoms with Gasteiger partial charge in [0.15, 0.2) is 5.79 Å². The number of aliphatic hydroxyl groups is 2. The molecule has 2 saturated heterocycles. The highest BCUT2D eigenvalue weighted by atomic mass is 16.8. The highest BCUT2D eigenvalue weighted by Crippen LogP contribution is 2.42. The number of nitrogens with one attached hydrogen (secondary N) is 1. The van der Waals surface area contributed by atoms with Crippen molar-refractivity contribution in [3.05, 3.63) is 11.6 Å². The fraction of sp³-hybridized carbons (Fsp3) is 0.844. The number of carbonyl (C=O) groups excluding carboxylic acids is 3. The molecule has 240 valence electrons. The van der Waals surface area contributed by atoms with Gasteiger partial charge in [-0.2, -0.15) is 0 Å². The summed E-state index contributed by atoms with van der Waals surface area (Å²) in [5.41, 5.74) is -0.170. The van der Waals surface area contributed by atoms with E-state index in [0.717, 1.165) is 51.4 Å². The van der Waals surface area contributed by atoms with Crippen molar-refractivity contribution in [3.8, 4) is 0 Å². The molecule has 0 radical (unpaired) electrons. The van der Waals surface area contributed by atoms with Gasteiger partial charge in [-0.3, -0.25) is 14.4 Å². The molecule has 0 bridgehead atoms. The van der Waals surface area contributed by atoms with Crippen molar-refractivity contribution in [2.45, 2.75) is 160 Å². The van der Waals surface area contributed by atoms with Crippen LogP contribution in [0.2, 0.25) is 0 Å². The SMILES string of the molecule is CCCCCC1(CCCCC)OC2C=C(C(=O)N3CCCC3C(=O)NC(CO)CCC(=O)OC(C)(C)C)CC(O)C2O1. The molecule has 5 unspecified atom stereocenters. The van der Waals surface area contributed by atoms with Gasteiger partial charge in [0.05, 0.1) is 18.8 Å². The summed E-state index contributed by atoms with van der Waals surface area (Å²) in [4.78, 5) is 40.6. The zero-order chi connectivity index (χ0) is 30.9. The Kier molecular flexibility index (Phi) is 12.8. The van der Waals surface area contributed by atoms with E-state index in [2.05, 4.69) is 19.2 Å². The van der Waals surface area contributed by atoms with Crippen LogP contribution in [0.15, 0.2) is 11.6 Å². The van der Waals surface area contributed by atoms with E-state index in [1.165, 1.54) is 0 Å². The molecule has 10 heteroatoms. The number of hydrogen-bond donors (Lipinski definition) is 3. The van der Waals surface area contributed by atoms with Gasteiger partial charge in [0.2, 0.25) is 11.8 Å². The molecule has 10 nitrogen and oxygen atoms in total. The highest BCUT2D eigenvalue weighted by Gasteiger charge is 2.51. The maximum absolute atomic E-state index is 13.7. The summed E-state index contributed by atoms with van der Waals surface area (Å²) in [6, 6.07) is -1.32. The first-order valence-electron chi connectivity index (χ1n) is 16.1. The number of carbonyl (C=O) groups is 3. The van der Waals surface area contributed by atoms with E-state index in [1.54, 1.807) is 31.7 Å². The van der Waals surface area contributed by atoms with Gasteiger partial charge in [-0.1, -0.05) is 39.5 Å². The maximum Gasteiger partial charge on any atom is 0.306 e. The van der Waals surface area contributed by atoms with Gasteiger partial charge < -0.3 is 34.6 Å². The Balaban J connectivity index is 1.65. The van der Waals surface area contributed by atoms with Crippen LogP contribution in [0.3, 0.4) is 0 Å². The predicted octanol–water partition coefficient (Wildman–Crippen LogP) is 3.91. The summed E-state index contributed by atoms with van der Waals surface area (Å²) < 4.78 is 18.3. The van der Waals surface area contributed by atoms with Crippen molar-refractivity contribution in [2.24, 2.45) is 0 Å². The molecular weight excluding hydrogens is 540 g/mol. The first-order valence-corrected chi connectivity index (χ1v) is 16.1. The summed E-state index contributed by atoms with van der Waals surface area (Å²) in [6.45, 7) is 9.76. The lowest BCUT2D eigenvalue weighted by molar-refractivity contribution is -0.190. The van der Waals surface area contributed by atoms with E-state index in [4.69, 9.17) is 14.2 Å². The summed E-state index contributed by atoms with van der Waals surface area (Å²) in [5, 5.41) is 23.7. The first-order chi connectivity index (χ1) is 19.9. The second-order valence-electron chi connectivity index (χ2n) is 13.1. The molecule has 3 aliphatic rings. The predicted molar refractivity (Wildman–Crippen MR) is 158 cm³/mol. The van der Waals surface area contributed by atoms with Crippen LogP contribution in [0.25, 0.3) is 0 Å². The van der Waals surface area contributed by atoms with Crippen LogP contribution in [0, 0.1) is 0 Å². The lowest BCUT2D eigenvalue weighted by atomic mass is 9.91. The Hall–Kier alpha value is -2.01. The average molecular weight is 595 g/mol. The van der Waals surface area contributed by atoms with E-state index in [0.29, 0.717) is 25.0 Å². The van der Waals surface area contributed by atoms with E-state index < -0.39 is 47.8 Å². The monoisotopic (exact) mass is 594 g/mol. The second kappa shape index (κ2) is 15.6. The summed E-state index contributed by atoms with van der Waals surface area (Å²) in [6.07, 6.45) is 9.31. The number of aliphatic hydroxyl groups excluding tert-OH is 2. The third-order valence-electron chi connectivity index (χ3n) is 8.30. The van der Waals surface area contributed by atoms with Crippen LogP contribution < -0.4 is 5.32 Å². The molecule has 1 aliphatic carbocycles. The summed E-state index contributed by atoms with van der Waals surface area (Å²) in [7, 11) is 0. The Morgan fingerprint density at radius 2 is 1.79 bits per heavy atom. The number of likely N-dealkylation sites (tertiary alicyclic amines) is 1. The molecule has 0 aromatic heterocycles. The van der Waals surface area contributed by atoms with Gasteiger partial charge >= 0.3 is 5.97 Å². The Bertz CT molecular complexity index is 935. The third kappa shape index (κ3) is 9.49. The molecule has 2 amide bonds. The van der Waals surface area contributed by atoms with Crippen molar-refractivity contribution < 1.29 is 38.8 Å². The van der Waals surface area contributed by atoms with Gasteiger partial charge in [-0.25, -0.2) is 0 Å². The minimum atomic E-state index is -0.875. The first kappa shape index (κ1) is 34.5. The number of amides is 2. The molecule has 42 heavy (non-hydrogen) atoms. The smallest absolute Gasteiger partial charge is 0.306 e. The van der Waals surface area contributed by atoms with Gasteiger partial charge in [-0.05, 0) is 59.0 Å². The van der Waals surface area contributed by atoms with Crippen molar-refractivity contribution in [3.63, 3.8) is 0 Å². The average Bonchev–Trinajstić information content (AvgIpc) is 3.56. The molecule has 0 aromatic rings. The topological polar surface area (TPSA) is 135 Å². The minimum absolute atomic E-state index is 0.0594. The van der Waals surface area contributed by atoms with Gasteiger partial charge in [-0.15, -0.1) is 0 Å². The van der Waals surface area contributed by atoms with E-state index in [1.807, 2.05) is 0 Å². The zero-order valence-corrected chi connectivity index (χ0v) is 26.4. The van der Waals surface area contributed by atoms with Gasteiger partial charge in [0.1, 0.15) is 23.9 Å². The molecule has 5 atom stereocenters. The number of ether oxygens (including phenoxy) is 3. The molecule has 0 aromatic carbocycles. The number of hydrogen-bond acceptors (Lipinski definition) is 8. The van der Waals surface area contributed by atoms with Crippen molar-refractivity contribution >= 4 is 17.8 Å². The Morgan fingerprint density at radius 1 is 1.12 bits per heavy atom. The van der Waals surface area contributed by atoms with E-state index in [9.17, 15) is 24.6 Å². The van der Waals surface area contributed by atoms with Crippen LogP contribution >= 0.6 is 0 Å². The number of rotatable bonds is 15. The molecule has 3 N–H and O–H groups in total. The van der Waals surface area contributed by atoms with Crippen molar-refractivity contribution in [2.75, 3.05) is 13.2 Å². The largest absolute Gasteiger partial charge is 0.460 e. The summed E-state index contributed by atoms with van der Waals surface area (Å²) >= 11 is 0. The molecule has 2 fully saturated rings. The van der Waals surface area contributed by atoms with E-state index in [-0.39, 0.29) is 37.7 Å². The zero-order valence-electron chi connectivity index (χ0n) is 26.4. The van der Waals surface area contributed by atoms with Crippen LogP contribution in [-0.2, 0) is 28.6 Å². The normalized spacial score (nSPS) is 26.0. The fourth-order valence-electron chi connectivity index (χ4n) is 6.16. The van der Waals surface area contributed by atoms with Crippen LogP contribution in [0.5, 0.6) is 0 Å². The minimum Gasteiger partial charge on any atom is -0.460 e. The second-order valence-corrected chi connectivity index (χ2v) is 13.1. The summed E-state index contributed by atoms with van der Waals surface area (Å²) in [5.74, 6) is -1.78. The quantitative estimate of drug-likeness (QED) is 0.192. The lowest BCUT2D eigenvalue weighted by Crippen LogP contribution is -2.51. The lowest BCUT2D eigenvalue weighted by Gasteiger charge is -2.31. The van der Waals surface area contributed by atoms with Crippen LogP contribution in [0.4, 0.5) is 0 Å². The number of unbranched alkanes of at least 4 members (excludes halogenated alkanes) is 4. The Labute approximate surface area is 251 Å². The Morgan fingerprint density at radius 3 is 2.38 bits per heavy atom. The molecule has 2 aliphatic heterocycles. The third-order valence-corrected chi connectivity index (χ3v) is 8.30. The number of fused-ring (bicyclic) bond motifs is 1. The highest BCUT2D eigenvalue weighted by molar-refractivity contribution is 5.97. The van der Waals surface area contributed by atoms with Crippen LogP contribution in [0.1, 0.15) is 118 Å². The van der Waals surface area contributed by atoms with E-state index >= 15 is 0 Å². The molecule has 2 heterocycles. The maximum atomic E-state index is 13.7. The fourth-order valence-corrected chi connectivity index (χ4v) is 6.16. The van der Waals surface area contributed by atoms with Crippen LogP contribution in [-0.4, -0.2) is 87.8 Å². The molecular formula is C32H54N2O8. The standard InChI is InChI=1S/C32H54N2O8/c1-6-8-10-16-32(17-11-9-7-2)40-26-20-22(19-25(36)28(26)42-32)30(39)34-18-12-13-24(34)29(38)33-23(21-35)14-15-27(37)41-31(3,4)5/h20,23-26,28,35-36H,6-19,21H2,1-5H3,(H,33,38). The number of esters is 1.